The first-order chi connectivity index (χ1) is 19.4. The van der Waals surface area contributed by atoms with Crippen molar-refractivity contribution < 1.29 is 19.2 Å². The maximum Gasteiger partial charge on any atom is 0.294 e. The van der Waals surface area contributed by atoms with Gasteiger partial charge in [0, 0.05) is 69.3 Å². The number of hydrogen-bond acceptors (Lipinski definition) is 10. The Morgan fingerprint density at radius 1 is 1.12 bits per heavy atom. The molecule has 0 bridgehead atoms. The lowest BCUT2D eigenvalue weighted by Crippen LogP contribution is -2.48. The van der Waals surface area contributed by atoms with Gasteiger partial charge in [0.05, 0.1) is 23.3 Å². The molecular weight excluding hydrogens is 516 g/mol. The second-order valence-electron chi connectivity index (χ2n) is 9.02. The number of ether oxygens (including phenoxy) is 1. The molecule has 5 rings (SSSR count). The van der Waals surface area contributed by atoms with E-state index >= 15 is 0 Å². The molecule has 40 heavy (non-hydrogen) atoms. The fourth-order valence-corrected chi connectivity index (χ4v) is 4.55. The summed E-state index contributed by atoms with van der Waals surface area (Å²) in [5.74, 6) is 0.869. The molecule has 1 amide bonds. The van der Waals surface area contributed by atoms with Crippen LogP contribution < -0.4 is 15.0 Å². The molecule has 2 aromatic heterocycles. The molecule has 13 nitrogen and oxygen atoms in total. The van der Waals surface area contributed by atoms with Crippen molar-refractivity contribution in [1.29, 1.82) is 0 Å². The van der Waals surface area contributed by atoms with Crippen LogP contribution in [0, 0.1) is 10.1 Å². The van der Waals surface area contributed by atoms with E-state index in [9.17, 15) is 19.7 Å². The normalized spacial score (nSPS) is 13.2. The zero-order valence-electron chi connectivity index (χ0n) is 21.9. The molecule has 4 aromatic rings. The Kier molecular flexibility index (Phi) is 7.35. The van der Waals surface area contributed by atoms with E-state index < -0.39 is 4.92 Å². The van der Waals surface area contributed by atoms with E-state index in [1.54, 1.807) is 23.2 Å². The molecule has 13 heteroatoms. The van der Waals surface area contributed by atoms with Gasteiger partial charge in [-0.25, -0.2) is 9.67 Å². The minimum Gasteiger partial charge on any atom is -0.494 e. The van der Waals surface area contributed by atoms with Crippen LogP contribution in [-0.2, 0) is 4.79 Å². The van der Waals surface area contributed by atoms with E-state index in [2.05, 4.69) is 20.4 Å². The van der Waals surface area contributed by atoms with Gasteiger partial charge in [-0.2, -0.15) is 10.1 Å². The van der Waals surface area contributed by atoms with Crippen LogP contribution in [0.1, 0.15) is 17.3 Å². The van der Waals surface area contributed by atoms with Gasteiger partial charge < -0.3 is 19.9 Å². The number of hydrogen-bond donors (Lipinski definition) is 1. The van der Waals surface area contributed by atoms with E-state index in [4.69, 9.17) is 4.74 Å². The molecule has 204 valence electrons. The minimum absolute atomic E-state index is 0.0257. The van der Waals surface area contributed by atoms with Crippen molar-refractivity contribution in [2.75, 3.05) is 43.5 Å². The maximum absolute atomic E-state index is 12.0. The van der Waals surface area contributed by atoms with E-state index in [-0.39, 0.29) is 17.5 Å². The average molecular weight is 543 g/mol. The summed E-state index contributed by atoms with van der Waals surface area (Å²) in [6, 6.07) is 13.9. The van der Waals surface area contributed by atoms with Crippen LogP contribution in [0.25, 0.3) is 17.1 Å². The number of benzene rings is 2. The number of aromatic nitrogens is 4. The summed E-state index contributed by atoms with van der Waals surface area (Å²) >= 11 is 0. The molecule has 3 heterocycles. The van der Waals surface area contributed by atoms with Crippen LogP contribution in [0.15, 0.2) is 60.9 Å². The summed E-state index contributed by atoms with van der Waals surface area (Å²) in [6.07, 6.45) is 3.82. The fourth-order valence-electron chi connectivity index (χ4n) is 4.55. The molecule has 0 radical (unpaired) electrons. The highest BCUT2D eigenvalue weighted by molar-refractivity contribution is 5.85. The first-order valence-corrected chi connectivity index (χ1v) is 12.5. The lowest BCUT2D eigenvalue weighted by molar-refractivity contribution is -0.384. The number of nitro benzene ring substituents is 1. The Labute approximate surface area is 229 Å². The van der Waals surface area contributed by atoms with E-state index in [1.165, 1.54) is 31.0 Å². The van der Waals surface area contributed by atoms with Crippen molar-refractivity contribution in [2.24, 2.45) is 0 Å². The van der Waals surface area contributed by atoms with E-state index in [1.807, 2.05) is 35.2 Å². The Hall–Kier alpha value is -5.33. The molecule has 1 fully saturated rings. The topological polar surface area (TPSA) is 149 Å². The largest absolute Gasteiger partial charge is 0.494 e. The van der Waals surface area contributed by atoms with Crippen molar-refractivity contribution in [2.45, 2.75) is 6.92 Å². The number of carbonyl (C=O) groups is 2. The van der Waals surface area contributed by atoms with Crippen molar-refractivity contribution in [3.05, 3.63) is 76.6 Å². The summed E-state index contributed by atoms with van der Waals surface area (Å²) in [5.41, 5.74) is 2.28. The summed E-state index contributed by atoms with van der Waals surface area (Å²) < 4.78 is 7.03. The highest BCUT2D eigenvalue weighted by Crippen LogP contribution is 2.39. The fraction of sp³-hybridized carbons (Fsp3) is 0.222. The SMILES string of the molecule is COc1cc(N2CCN(C(C)=O)CC2)c([N+](=O)[O-])cc1Nc1nccc(-n2cc(C=O)c(-c3ccccc3)n2)n1. The van der Waals surface area contributed by atoms with E-state index in [0.29, 0.717) is 60.4 Å². The Balaban J connectivity index is 1.44. The lowest BCUT2D eigenvalue weighted by atomic mass is 10.1. The third-order valence-electron chi connectivity index (χ3n) is 6.60. The molecule has 1 aliphatic heterocycles. The molecule has 2 aromatic carbocycles. The number of nitro groups is 1. The van der Waals surface area contributed by atoms with Crippen molar-refractivity contribution in [1.82, 2.24) is 24.6 Å². The number of piperazine rings is 1. The van der Waals surface area contributed by atoms with Gasteiger partial charge in [-0.3, -0.25) is 19.7 Å². The molecule has 0 spiro atoms. The van der Waals surface area contributed by atoms with Gasteiger partial charge in [0.2, 0.25) is 11.9 Å². The first-order valence-electron chi connectivity index (χ1n) is 12.5. The smallest absolute Gasteiger partial charge is 0.294 e. The zero-order chi connectivity index (χ0) is 28.2. The summed E-state index contributed by atoms with van der Waals surface area (Å²) in [6.45, 7) is 3.37. The van der Waals surface area contributed by atoms with Crippen LogP contribution in [0.4, 0.5) is 23.0 Å². The van der Waals surface area contributed by atoms with Gasteiger partial charge in [0.1, 0.15) is 17.1 Å². The summed E-state index contributed by atoms with van der Waals surface area (Å²) in [7, 11) is 1.47. The second kappa shape index (κ2) is 11.2. The quantitative estimate of drug-likeness (QED) is 0.199. The number of methoxy groups -OCH3 is 1. The van der Waals surface area contributed by atoms with Crippen LogP contribution in [0.3, 0.4) is 0 Å². The third kappa shape index (κ3) is 5.29. The number of aldehydes is 1. The molecule has 1 aliphatic rings. The number of anilines is 3. The average Bonchev–Trinajstić information content (AvgIpc) is 3.42. The van der Waals surface area contributed by atoms with Crippen molar-refractivity contribution in [3.63, 3.8) is 0 Å². The highest BCUT2D eigenvalue weighted by atomic mass is 16.6. The Bertz CT molecular complexity index is 1560. The number of nitrogens with one attached hydrogen (secondary N) is 1. The van der Waals surface area contributed by atoms with Gasteiger partial charge in [0.15, 0.2) is 12.1 Å². The van der Waals surface area contributed by atoms with Crippen LogP contribution in [0.5, 0.6) is 5.75 Å². The second-order valence-corrected chi connectivity index (χ2v) is 9.02. The predicted molar refractivity (Wildman–Crippen MR) is 147 cm³/mol. The van der Waals surface area contributed by atoms with Crippen LogP contribution in [-0.4, -0.2) is 75.1 Å². The number of amides is 1. The molecule has 0 aliphatic carbocycles. The monoisotopic (exact) mass is 542 g/mol. The maximum atomic E-state index is 12.0. The number of carbonyl (C=O) groups excluding carboxylic acids is 2. The third-order valence-corrected chi connectivity index (χ3v) is 6.60. The minimum atomic E-state index is -0.454. The molecule has 1 saturated heterocycles. The highest BCUT2D eigenvalue weighted by Gasteiger charge is 2.27. The van der Waals surface area contributed by atoms with Crippen LogP contribution >= 0.6 is 0 Å². The van der Waals surface area contributed by atoms with Crippen LogP contribution in [0.2, 0.25) is 0 Å². The number of nitrogens with zero attached hydrogens (tertiary/aromatic N) is 7. The Morgan fingerprint density at radius 2 is 1.88 bits per heavy atom. The number of rotatable bonds is 8. The summed E-state index contributed by atoms with van der Waals surface area (Å²) in [5, 5.41) is 19.6. The van der Waals surface area contributed by atoms with Gasteiger partial charge >= 0.3 is 0 Å². The molecule has 0 atom stereocenters. The molecule has 0 saturated carbocycles. The van der Waals surface area contributed by atoms with Gasteiger partial charge in [-0.05, 0) is 0 Å². The molecular formula is C27H26N8O5. The molecule has 1 N–H and O–H groups in total. The zero-order valence-corrected chi connectivity index (χ0v) is 21.9. The van der Waals surface area contributed by atoms with Crippen molar-refractivity contribution >= 4 is 35.2 Å². The van der Waals surface area contributed by atoms with Gasteiger partial charge in [0.25, 0.3) is 5.69 Å². The van der Waals surface area contributed by atoms with Crippen molar-refractivity contribution in [3.8, 4) is 22.8 Å². The Morgan fingerprint density at radius 3 is 2.52 bits per heavy atom. The summed E-state index contributed by atoms with van der Waals surface area (Å²) in [4.78, 5) is 47.3. The molecule has 0 unspecified atom stereocenters. The van der Waals surface area contributed by atoms with Gasteiger partial charge in [-0.1, -0.05) is 30.3 Å². The standard InChI is InChI=1S/C27H26N8O5/c1-18(37)32-10-12-33(13-11-32)22-15-24(40-2)21(14-23(22)35(38)39)29-27-28-9-8-25(30-27)34-16-20(17-36)26(31-34)19-6-4-3-5-7-19/h3-9,14-17H,10-13H2,1-2H3,(H,28,29,30). The first kappa shape index (κ1) is 26.3. The lowest BCUT2D eigenvalue weighted by Gasteiger charge is -2.35. The predicted octanol–water partition coefficient (Wildman–Crippen LogP) is 3.47. The van der Waals surface area contributed by atoms with Gasteiger partial charge in [-0.15, -0.1) is 0 Å². The van der Waals surface area contributed by atoms with E-state index in [0.717, 1.165) is 11.8 Å².